The van der Waals surface area contributed by atoms with Crippen molar-refractivity contribution in [3.63, 3.8) is 0 Å². The summed E-state index contributed by atoms with van der Waals surface area (Å²) in [5.41, 5.74) is 1.51. The van der Waals surface area contributed by atoms with Crippen LogP contribution in [0.1, 0.15) is 31.7 Å². The Bertz CT molecular complexity index is 403. The van der Waals surface area contributed by atoms with Crippen LogP contribution in [0.2, 0.25) is 0 Å². The van der Waals surface area contributed by atoms with Gasteiger partial charge in [-0.3, -0.25) is 0 Å². The molecule has 3 rings (SSSR count). The molecule has 0 radical (unpaired) electrons. The Hall–Kier alpha value is -0.570. The van der Waals surface area contributed by atoms with Gasteiger partial charge in [0.25, 0.3) is 0 Å². The minimum Gasteiger partial charge on any atom is -0.316 e. The predicted molar refractivity (Wildman–Crippen MR) is 92.1 cm³/mol. The quantitative estimate of drug-likeness (QED) is 0.917. The molecule has 0 bridgehead atoms. The van der Waals surface area contributed by atoms with Crippen LogP contribution in [-0.4, -0.2) is 37.1 Å². The zero-order valence-corrected chi connectivity index (χ0v) is 13.9. The average Bonchev–Trinajstić information content (AvgIpc) is 2.83. The number of piperidine rings is 1. The Balaban J connectivity index is 0.00000161. The highest BCUT2D eigenvalue weighted by molar-refractivity contribution is 5.85. The molecular formula is C18H29ClN2. The standard InChI is InChI=1S/C18H28N2.ClH/c1-15-18(12-16-6-3-2-4-7-16)9-11-20(15)14-17-8-5-10-19-13-17;/h2-4,6-7,15,17-19H,5,8-14H2,1H3;1H. The van der Waals surface area contributed by atoms with E-state index in [2.05, 4.69) is 47.5 Å². The van der Waals surface area contributed by atoms with E-state index in [1.807, 2.05) is 0 Å². The third-order valence-electron chi connectivity index (χ3n) is 5.28. The third-order valence-corrected chi connectivity index (χ3v) is 5.28. The fraction of sp³-hybridized carbons (Fsp3) is 0.667. The van der Waals surface area contributed by atoms with Gasteiger partial charge in [-0.15, -0.1) is 12.4 Å². The highest BCUT2D eigenvalue weighted by Gasteiger charge is 2.32. The van der Waals surface area contributed by atoms with Crippen LogP contribution < -0.4 is 5.32 Å². The lowest BCUT2D eigenvalue weighted by molar-refractivity contribution is 0.188. The highest BCUT2D eigenvalue weighted by atomic mass is 35.5. The van der Waals surface area contributed by atoms with E-state index in [9.17, 15) is 0 Å². The van der Waals surface area contributed by atoms with E-state index in [0.29, 0.717) is 0 Å². The van der Waals surface area contributed by atoms with Crippen molar-refractivity contribution in [1.29, 1.82) is 0 Å². The van der Waals surface area contributed by atoms with Crippen molar-refractivity contribution in [1.82, 2.24) is 10.2 Å². The summed E-state index contributed by atoms with van der Waals surface area (Å²) in [7, 11) is 0. The molecule has 0 aliphatic carbocycles. The Morgan fingerprint density at radius 3 is 2.71 bits per heavy atom. The first-order valence-corrected chi connectivity index (χ1v) is 8.31. The average molecular weight is 309 g/mol. The van der Waals surface area contributed by atoms with E-state index in [-0.39, 0.29) is 12.4 Å². The maximum absolute atomic E-state index is 3.55. The third kappa shape index (κ3) is 4.45. The van der Waals surface area contributed by atoms with Crippen molar-refractivity contribution in [2.45, 2.75) is 38.6 Å². The second kappa shape index (κ2) is 8.17. The molecule has 0 saturated carbocycles. The van der Waals surface area contributed by atoms with Gasteiger partial charge in [-0.05, 0) is 69.6 Å². The summed E-state index contributed by atoms with van der Waals surface area (Å²) >= 11 is 0. The molecule has 2 saturated heterocycles. The summed E-state index contributed by atoms with van der Waals surface area (Å²) in [6.45, 7) is 7.50. The van der Waals surface area contributed by atoms with E-state index < -0.39 is 0 Å². The highest BCUT2D eigenvalue weighted by Crippen LogP contribution is 2.28. The van der Waals surface area contributed by atoms with Crippen molar-refractivity contribution in [2.24, 2.45) is 11.8 Å². The number of halogens is 1. The van der Waals surface area contributed by atoms with Crippen LogP contribution in [-0.2, 0) is 6.42 Å². The van der Waals surface area contributed by atoms with Gasteiger partial charge in [0, 0.05) is 12.6 Å². The second-order valence-electron chi connectivity index (χ2n) is 6.69. The van der Waals surface area contributed by atoms with Gasteiger partial charge in [-0.2, -0.15) is 0 Å². The normalized spacial score (nSPS) is 30.0. The van der Waals surface area contributed by atoms with Crippen LogP contribution in [0.4, 0.5) is 0 Å². The molecule has 1 aromatic rings. The first kappa shape index (κ1) is 16.8. The van der Waals surface area contributed by atoms with Crippen LogP contribution in [0.5, 0.6) is 0 Å². The van der Waals surface area contributed by atoms with Crippen molar-refractivity contribution in [3.05, 3.63) is 35.9 Å². The SMILES string of the molecule is CC1C(Cc2ccccc2)CCN1CC1CCCNC1.Cl. The van der Waals surface area contributed by atoms with Gasteiger partial charge < -0.3 is 10.2 Å². The fourth-order valence-corrected chi connectivity index (χ4v) is 3.93. The van der Waals surface area contributed by atoms with Gasteiger partial charge in [0.2, 0.25) is 0 Å². The molecule has 0 amide bonds. The largest absolute Gasteiger partial charge is 0.316 e. The minimum atomic E-state index is 0. The molecule has 21 heavy (non-hydrogen) atoms. The number of nitrogens with zero attached hydrogens (tertiary/aromatic N) is 1. The monoisotopic (exact) mass is 308 g/mol. The molecule has 3 heteroatoms. The molecule has 2 aliphatic heterocycles. The van der Waals surface area contributed by atoms with E-state index in [1.165, 1.54) is 57.4 Å². The summed E-state index contributed by atoms with van der Waals surface area (Å²) in [5, 5.41) is 3.55. The summed E-state index contributed by atoms with van der Waals surface area (Å²) in [5.74, 6) is 1.72. The molecule has 1 N–H and O–H groups in total. The molecule has 1 aromatic carbocycles. The maximum Gasteiger partial charge on any atom is 0.00989 e. The molecule has 2 fully saturated rings. The van der Waals surface area contributed by atoms with E-state index in [4.69, 9.17) is 0 Å². The Morgan fingerprint density at radius 2 is 2.00 bits per heavy atom. The van der Waals surface area contributed by atoms with Crippen LogP contribution in [0, 0.1) is 11.8 Å². The number of hydrogen-bond donors (Lipinski definition) is 1. The fourth-order valence-electron chi connectivity index (χ4n) is 3.93. The first-order valence-electron chi connectivity index (χ1n) is 8.31. The van der Waals surface area contributed by atoms with Crippen LogP contribution in [0.15, 0.2) is 30.3 Å². The second-order valence-corrected chi connectivity index (χ2v) is 6.69. The summed E-state index contributed by atoms with van der Waals surface area (Å²) in [6, 6.07) is 11.8. The van der Waals surface area contributed by atoms with E-state index >= 15 is 0 Å². The van der Waals surface area contributed by atoms with Gasteiger partial charge in [0.15, 0.2) is 0 Å². The molecule has 0 aromatic heterocycles. The van der Waals surface area contributed by atoms with Gasteiger partial charge in [0.05, 0.1) is 0 Å². The molecule has 2 aliphatic rings. The van der Waals surface area contributed by atoms with Crippen LogP contribution >= 0.6 is 12.4 Å². The number of rotatable bonds is 4. The lowest BCUT2D eigenvalue weighted by Gasteiger charge is -2.31. The zero-order valence-electron chi connectivity index (χ0n) is 13.1. The smallest absolute Gasteiger partial charge is 0.00989 e. The van der Waals surface area contributed by atoms with Gasteiger partial charge >= 0.3 is 0 Å². The van der Waals surface area contributed by atoms with E-state index in [0.717, 1.165) is 17.9 Å². The predicted octanol–water partition coefficient (Wildman–Crippen LogP) is 3.36. The van der Waals surface area contributed by atoms with Crippen molar-refractivity contribution >= 4 is 12.4 Å². The molecule has 3 atom stereocenters. The van der Waals surface area contributed by atoms with Crippen molar-refractivity contribution in [2.75, 3.05) is 26.2 Å². The molecule has 2 heterocycles. The maximum atomic E-state index is 3.55. The number of likely N-dealkylation sites (tertiary alicyclic amines) is 1. The van der Waals surface area contributed by atoms with Gasteiger partial charge in [0.1, 0.15) is 0 Å². The molecule has 3 unspecified atom stereocenters. The minimum absolute atomic E-state index is 0. The first-order chi connectivity index (χ1) is 9.83. The number of hydrogen-bond acceptors (Lipinski definition) is 2. The summed E-state index contributed by atoms with van der Waals surface area (Å²) in [4.78, 5) is 2.74. The van der Waals surface area contributed by atoms with Crippen molar-refractivity contribution in [3.8, 4) is 0 Å². The lowest BCUT2D eigenvalue weighted by Crippen LogP contribution is -2.40. The van der Waals surface area contributed by atoms with Crippen LogP contribution in [0.3, 0.4) is 0 Å². The number of benzene rings is 1. The molecule has 0 spiro atoms. The van der Waals surface area contributed by atoms with Gasteiger partial charge in [-0.1, -0.05) is 30.3 Å². The Morgan fingerprint density at radius 1 is 1.19 bits per heavy atom. The summed E-state index contributed by atoms with van der Waals surface area (Å²) < 4.78 is 0. The van der Waals surface area contributed by atoms with E-state index in [1.54, 1.807) is 0 Å². The van der Waals surface area contributed by atoms with Crippen molar-refractivity contribution < 1.29 is 0 Å². The van der Waals surface area contributed by atoms with Gasteiger partial charge in [-0.25, -0.2) is 0 Å². The van der Waals surface area contributed by atoms with Crippen LogP contribution in [0.25, 0.3) is 0 Å². The molecule has 2 nitrogen and oxygen atoms in total. The molecule has 118 valence electrons. The molecular weight excluding hydrogens is 280 g/mol. The number of nitrogens with one attached hydrogen (secondary N) is 1. The topological polar surface area (TPSA) is 15.3 Å². The zero-order chi connectivity index (χ0) is 13.8. The summed E-state index contributed by atoms with van der Waals surface area (Å²) in [6.07, 6.45) is 5.40. The lowest BCUT2D eigenvalue weighted by atomic mass is 9.93. The Labute approximate surface area is 135 Å². The Kier molecular flexibility index (Phi) is 6.53.